The maximum Gasteiger partial charge on any atom is 0.253 e. The van der Waals surface area contributed by atoms with Gasteiger partial charge in [0.1, 0.15) is 0 Å². The summed E-state index contributed by atoms with van der Waals surface area (Å²) in [7, 11) is -1.13. The van der Waals surface area contributed by atoms with Gasteiger partial charge in [0.25, 0.3) is 5.91 Å². The van der Waals surface area contributed by atoms with Crippen molar-refractivity contribution in [2.24, 2.45) is 0 Å². The van der Waals surface area contributed by atoms with E-state index in [0.717, 1.165) is 25.1 Å². The van der Waals surface area contributed by atoms with E-state index in [4.69, 9.17) is 0 Å². The molecule has 0 unspecified atom stereocenters. The molecule has 152 valence electrons. The second kappa shape index (κ2) is 9.55. The Labute approximate surface area is 164 Å². The van der Waals surface area contributed by atoms with Crippen LogP contribution in [-0.4, -0.2) is 69.1 Å². The molecule has 1 saturated heterocycles. The number of hydrogen-bond acceptors (Lipinski definition) is 4. The molecule has 0 N–H and O–H groups in total. The number of likely N-dealkylation sites (tertiary alicyclic amines) is 1. The van der Waals surface area contributed by atoms with Crippen LogP contribution in [0.2, 0.25) is 0 Å². The summed E-state index contributed by atoms with van der Waals surface area (Å²) >= 11 is 0. The van der Waals surface area contributed by atoms with Crippen LogP contribution in [0.5, 0.6) is 0 Å². The highest BCUT2D eigenvalue weighted by Crippen LogP contribution is 2.21. The SMILES string of the molecule is CCCCN(C)c1ccc(C(=O)N2CCC(N(CC)S(C)(=O)=O)CC2)cc1. The molecule has 1 fully saturated rings. The highest BCUT2D eigenvalue weighted by molar-refractivity contribution is 7.88. The third-order valence-electron chi connectivity index (χ3n) is 5.30. The molecule has 0 radical (unpaired) electrons. The lowest BCUT2D eigenvalue weighted by atomic mass is 10.0. The number of hydrogen-bond donors (Lipinski definition) is 0. The molecule has 1 amide bonds. The quantitative estimate of drug-likeness (QED) is 0.679. The number of unbranched alkanes of at least 4 members (excludes halogenated alkanes) is 1. The highest BCUT2D eigenvalue weighted by Gasteiger charge is 2.30. The number of carbonyl (C=O) groups is 1. The Balaban J connectivity index is 1.95. The lowest BCUT2D eigenvalue weighted by Gasteiger charge is -2.37. The zero-order chi connectivity index (χ0) is 20.0. The number of amides is 1. The molecule has 0 spiro atoms. The minimum Gasteiger partial charge on any atom is -0.375 e. The van der Waals surface area contributed by atoms with Crippen LogP contribution in [0.3, 0.4) is 0 Å². The van der Waals surface area contributed by atoms with Crippen molar-refractivity contribution >= 4 is 21.6 Å². The summed E-state index contributed by atoms with van der Waals surface area (Å²) in [6.45, 7) is 6.70. The van der Waals surface area contributed by atoms with Crippen molar-refractivity contribution in [1.82, 2.24) is 9.21 Å². The molecule has 0 atom stereocenters. The number of rotatable bonds is 8. The largest absolute Gasteiger partial charge is 0.375 e. The minimum atomic E-state index is -3.20. The van der Waals surface area contributed by atoms with Crippen molar-refractivity contribution in [2.75, 3.05) is 44.4 Å². The van der Waals surface area contributed by atoms with Gasteiger partial charge in [-0.2, -0.15) is 4.31 Å². The third kappa shape index (κ3) is 5.69. The molecular weight excluding hydrogens is 362 g/mol. The molecule has 1 aliphatic rings. The lowest BCUT2D eigenvalue weighted by molar-refractivity contribution is 0.0680. The van der Waals surface area contributed by atoms with Crippen molar-refractivity contribution in [3.05, 3.63) is 29.8 Å². The number of benzene rings is 1. The van der Waals surface area contributed by atoms with Crippen LogP contribution >= 0.6 is 0 Å². The number of anilines is 1. The first-order valence-electron chi connectivity index (χ1n) is 9.85. The van der Waals surface area contributed by atoms with E-state index in [9.17, 15) is 13.2 Å². The van der Waals surface area contributed by atoms with E-state index in [1.165, 1.54) is 6.26 Å². The van der Waals surface area contributed by atoms with Gasteiger partial charge in [0, 0.05) is 50.5 Å². The van der Waals surface area contributed by atoms with Gasteiger partial charge < -0.3 is 9.80 Å². The Hall–Kier alpha value is -1.60. The van der Waals surface area contributed by atoms with Gasteiger partial charge in [0.15, 0.2) is 0 Å². The maximum absolute atomic E-state index is 12.8. The van der Waals surface area contributed by atoms with E-state index >= 15 is 0 Å². The second-order valence-corrected chi connectivity index (χ2v) is 9.25. The number of nitrogens with zero attached hydrogens (tertiary/aromatic N) is 3. The first-order valence-corrected chi connectivity index (χ1v) is 11.7. The maximum atomic E-state index is 12.8. The van der Waals surface area contributed by atoms with Gasteiger partial charge in [-0.15, -0.1) is 0 Å². The van der Waals surface area contributed by atoms with E-state index in [0.29, 0.717) is 38.0 Å². The Morgan fingerprint density at radius 2 is 1.74 bits per heavy atom. The van der Waals surface area contributed by atoms with Crippen LogP contribution in [-0.2, 0) is 10.0 Å². The summed E-state index contributed by atoms with van der Waals surface area (Å²) < 4.78 is 25.3. The Morgan fingerprint density at radius 1 is 1.15 bits per heavy atom. The van der Waals surface area contributed by atoms with E-state index in [2.05, 4.69) is 18.9 Å². The molecule has 6 nitrogen and oxygen atoms in total. The molecule has 0 saturated carbocycles. The first kappa shape index (κ1) is 21.7. The third-order valence-corrected chi connectivity index (χ3v) is 6.71. The average molecular weight is 396 g/mol. The number of sulfonamides is 1. The molecule has 2 rings (SSSR count). The van der Waals surface area contributed by atoms with Crippen molar-refractivity contribution in [3.8, 4) is 0 Å². The molecular formula is C20H33N3O3S. The van der Waals surface area contributed by atoms with Crippen LogP contribution in [0.15, 0.2) is 24.3 Å². The van der Waals surface area contributed by atoms with Crippen LogP contribution in [0.4, 0.5) is 5.69 Å². The molecule has 1 aromatic rings. The van der Waals surface area contributed by atoms with Gasteiger partial charge in [-0.3, -0.25) is 4.79 Å². The molecule has 0 aromatic heterocycles. The molecule has 27 heavy (non-hydrogen) atoms. The molecule has 1 aliphatic heterocycles. The highest BCUT2D eigenvalue weighted by atomic mass is 32.2. The molecule has 7 heteroatoms. The zero-order valence-corrected chi connectivity index (χ0v) is 17.8. The van der Waals surface area contributed by atoms with Crippen molar-refractivity contribution < 1.29 is 13.2 Å². The zero-order valence-electron chi connectivity index (χ0n) is 17.0. The fraction of sp³-hybridized carbons (Fsp3) is 0.650. The smallest absolute Gasteiger partial charge is 0.253 e. The predicted octanol–water partition coefficient (Wildman–Crippen LogP) is 2.81. The Kier molecular flexibility index (Phi) is 7.68. The Bertz CT molecular complexity index is 710. The fourth-order valence-corrected chi connectivity index (χ4v) is 4.91. The topological polar surface area (TPSA) is 60.9 Å². The first-order chi connectivity index (χ1) is 12.8. The molecule has 0 bridgehead atoms. The summed E-state index contributed by atoms with van der Waals surface area (Å²) in [6.07, 6.45) is 4.93. The van der Waals surface area contributed by atoms with Crippen LogP contribution in [0.1, 0.15) is 49.9 Å². The van der Waals surface area contributed by atoms with Gasteiger partial charge >= 0.3 is 0 Å². The average Bonchev–Trinajstić information content (AvgIpc) is 2.65. The van der Waals surface area contributed by atoms with Gasteiger partial charge in [0.05, 0.1) is 6.26 Å². The van der Waals surface area contributed by atoms with Gasteiger partial charge in [-0.1, -0.05) is 20.3 Å². The minimum absolute atomic E-state index is 0.0105. The molecule has 1 heterocycles. The normalized spacial score (nSPS) is 16.0. The van der Waals surface area contributed by atoms with Crippen molar-refractivity contribution in [3.63, 3.8) is 0 Å². The van der Waals surface area contributed by atoms with Crippen LogP contribution < -0.4 is 4.90 Å². The van der Waals surface area contributed by atoms with Crippen molar-refractivity contribution in [1.29, 1.82) is 0 Å². The molecule has 1 aromatic carbocycles. The Morgan fingerprint density at radius 3 is 2.22 bits per heavy atom. The van der Waals surface area contributed by atoms with E-state index in [-0.39, 0.29) is 11.9 Å². The van der Waals surface area contributed by atoms with E-state index in [1.807, 2.05) is 36.1 Å². The summed E-state index contributed by atoms with van der Waals surface area (Å²) in [4.78, 5) is 16.8. The van der Waals surface area contributed by atoms with Gasteiger partial charge in [0.2, 0.25) is 10.0 Å². The van der Waals surface area contributed by atoms with Crippen LogP contribution in [0.25, 0.3) is 0 Å². The van der Waals surface area contributed by atoms with Crippen LogP contribution in [0, 0.1) is 0 Å². The number of piperidine rings is 1. The molecule has 0 aliphatic carbocycles. The standard InChI is InChI=1S/C20H33N3O3S/c1-5-7-14-21(3)18-10-8-17(9-11-18)20(24)22-15-12-19(13-16-22)23(6-2)27(4,25)26/h8-11,19H,5-7,12-16H2,1-4H3. The van der Waals surface area contributed by atoms with E-state index in [1.54, 1.807) is 4.31 Å². The van der Waals surface area contributed by atoms with Gasteiger partial charge in [-0.25, -0.2) is 8.42 Å². The summed E-state index contributed by atoms with van der Waals surface area (Å²) in [5.74, 6) is 0.0265. The number of carbonyl (C=O) groups excluding carboxylic acids is 1. The predicted molar refractivity (Wildman–Crippen MR) is 111 cm³/mol. The monoisotopic (exact) mass is 395 g/mol. The van der Waals surface area contributed by atoms with Crippen molar-refractivity contribution in [2.45, 2.75) is 45.6 Å². The summed E-state index contributed by atoms with van der Waals surface area (Å²) in [5.41, 5.74) is 1.81. The summed E-state index contributed by atoms with van der Waals surface area (Å²) in [5, 5.41) is 0. The fourth-order valence-electron chi connectivity index (χ4n) is 3.69. The summed E-state index contributed by atoms with van der Waals surface area (Å²) in [6, 6.07) is 7.77. The van der Waals surface area contributed by atoms with Gasteiger partial charge in [-0.05, 0) is 43.5 Å². The van der Waals surface area contributed by atoms with E-state index < -0.39 is 10.0 Å². The second-order valence-electron chi connectivity index (χ2n) is 7.31. The lowest BCUT2D eigenvalue weighted by Crippen LogP contribution is -2.48.